The first-order chi connectivity index (χ1) is 7.31. The molecular weight excluding hydrogens is 223 g/mol. The normalized spacial score (nSPS) is 14.4. The number of rotatable bonds is 8. The molecule has 1 N–H and O–H groups in total. The first-order valence-electron chi connectivity index (χ1n) is 5.32. The van der Waals surface area contributed by atoms with Gasteiger partial charge in [-0.1, -0.05) is 0 Å². The van der Waals surface area contributed by atoms with E-state index < -0.39 is 12.8 Å². The van der Waals surface area contributed by atoms with Gasteiger partial charge in [0.2, 0.25) is 0 Å². The van der Waals surface area contributed by atoms with Crippen LogP contribution in [0.1, 0.15) is 19.8 Å². The molecule has 6 heteroatoms. The van der Waals surface area contributed by atoms with Crippen molar-refractivity contribution in [1.82, 2.24) is 4.90 Å². The van der Waals surface area contributed by atoms with E-state index in [1.807, 2.05) is 11.9 Å². The maximum absolute atomic E-state index is 11.7. The molecule has 98 valence electrons. The van der Waals surface area contributed by atoms with E-state index in [-0.39, 0.29) is 12.7 Å². The summed E-state index contributed by atoms with van der Waals surface area (Å²) >= 11 is 0. The van der Waals surface area contributed by atoms with Crippen LogP contribution in [0.2, 0.25) is 0 Å². The van der Waals surface area contributed by atoms with E-state index in [9.17, 15) is 13.2 Å². The highest BCUT2D eigenvalue weighted by Crippen LogP contribution is 2.14. The van der Waals surface area contributed by atoms with Crippen LogP contribution < -0.4 is 0 Å². The van der Waals surface area contributed by atoms with Gasteiger partial charge in [-0.15, -0.1) is 0 Å². The highest BCUT2D eigenvalue weighted by atomic mass is 19.4. The number of alkyl halides is 3. The van der Waals surface area contributed by atoms with Crippen molar-refractivity contribution < 1.29 is 23.0 Å². The quantitative estimate of drug-likeness (QED) is 0.658. The van der Waals surface area contributed by atoms with Crippen molar-refractivity contribution in [3.8, 4) is 0 Å². The van der Waals surface area contributed by atoms with Gasteiger partial charge in [0, 0.05) is 19.7 Å². The number of ether oxygens (including phenoxy) is 1. The Balaban J connectivity index is 3.31. The third-order valence-electron chi connectivity index (χ3n) is 2.02. The molecule has 16 heavy (non-hydrogen) atoms. The van der Waals surface area contributed by atoms with Gasteiger partial charge in [-0.25, -0.2) is 0 Å². The van der Waals surface area contributed by atoms with Crippen molar-refractivity contribution in [2.45, 2.75) is 32.0 Å². The summed E-state index contributed by atoms with van der Waals surface area (Å²) in [7, 11) is 1.87. The van der Waals surface area contributed by atoms with Crippen LogP contribution in [-0.2, 0) is 4.74 Å². The third kappa shape index (κ3) is 11.7. The van der Waals surface area contributed by atoms with Crippen LogP contribution >= 0.6 is 0 Å². The van der Waals surface area contributed by atoms with Crippen molar-refractivity contribution in [2.75, 3.05) is 33.4 Å². The Morgan fingerprint density at radius 3 is 2.44 bits per heavy atom. The monoisotopic (exact) mass is 243 g/mol. The Morgan fingerprint density at radius 1 is 1.31 bits per heavy atom. The second-order valence-corrected chi connectivity index (χ2v) is 3.96. The number of aliphatic hydroxyl groups excluding tert-OH is 1. The van der Waals surface area contributed by atoms with Gasteiger partial charge in [0.05, 0.1) is 6.10 Å². The van der Waals surface area contributed by atoms with Gasteiger partial charge in [0.1, 0.15) is 6.61 Å². The van der Waals surface area contributed by atoms with E-state index >= 15 is 0 Å². The summed E-state index contributed by atoms with van der Waals surface area (Å²) < 4.78 is 39.5. The largest absolute Gasteiger partial charge is 0.411 e. The fraction of sp³-hybridized carbons (Fsp3) is 1.00. The molecule has 0 aromatic carbocycles. The first kappa shape index (κ1) is 15.7. The number of nitrogens with zero attached hydrogens (tertiary/aromatic N) is 1. The van der Waals surface area contributed by atoms with Gasteiger partial charge < -0.3 is 14.7 Å². The Bertz CT molecular complexity index is 174. The highest BCUT2D eigenvalue weighted by Gasteiger charge is 2.27. The van der Waals surface area contributed by atoms with Crippen LogP contribution in [0, 0.1) is 0 Å². The molecule has 0 radical (unpaired) electrons. The lowest BCUT2D eigenvalue weighted by Crippen LogP contribution is -2.25. The van der Waals surface area contributed by atoms with E-state index in [4.69, 9.17) is 5.11 Å². The molecule has 0 rings (SSSR count). The number of aliphatic hydroxyl groups is 1. The van der Waals surface area contributed by atoms with E-state index in [1.54, 1.807) is 6.92 Å². The van der Waals surface area contributed by atoms with Gasteiger partial charge in [0.25, 0.3) is 0 Å². The maximum atomic E-state index is 11.7. The van der Waals surface area contributed by atoms with Crippen LogP contribution in [0.3, 0.4) is 0 Å². The fourth-order valence-electron chi connectivity index (χ4n) is 1.14. The zero-order valence-corrected chi connectivity index (χ0v) is 9.76. The molecule has 0 saturated carbocycles. The predicted molar refractivity (Wildman–Crippen MR) is 55.3 cm³/mol. The Kier molecular flexibility index (Phi) is 7.70. The van der Waals surface area contributed by atoms with E-state index in [2.05, 4.69) is 4.74 Å². The van der Waals surface area contributed by atoms with Crippen LogP contribution in [0.15, 0.2) is 0 Å². The molecule has 0 heterocycles. The molecule has 0 aliphatic heterocycles. The molecule has 0 aliphatic carbocycles. The molecule has 0 saturated heterocycles. The Labute approximate surface area is 94.2 Å². The lowest BCUT2D eigenvalue weighted by atomic mass is 10.2. The number of hydrogen-bond donors (Lipinski definition) is 1. The standard InChI is InChI=1S/C10H20F3NO2/c1-9(15)4-6-14(2)5-3-7-16-8-10(11,12)13/h9,15H,3-8H2,1-2H3. The molecule has 1 atom stereocenters. The van der Waals surface area contributed by atoms with Gasteiger partial charge in [-0.2, -0.15) is 13.2 Å². The summed E-state index contributed by atoms with van der Waals surface area (Å²) in [6, 6.07) is 0. The second kappa shape index (κ2) is 7.86. The highest BCUT2D eigenvalue weighted by molar-refractivity contribution is 4.55. The molecule has 3 nitrogen and oxygen atoms in total. The minimum atomic E-state index is -4.24. The number of halogens is 3. The minimum Gasteiger partial charge on any atom is -0.393 e. The molecule has 0 aromatic heterocycles. The van der Waals surface area contributed by atoms with Crippen molar-refractivity contribution in [3.63, 3.8) is 0 Å². The Hall–Kier alpha value is -0.330. The summed E-state index contributed by atoms with van der Waals surface area (Å²) in [5, 5.41) is 9.02. The molecule has 0 spiro atoms. The third-order valence-corrected chi connectivity index (χ3v) is 2.02. The van der Waals surface area contributed by atoms with Gasteiger partial charge >= 0.3 is 6.18 Å². The number of hydrogen-bond acceptors (Lipinski definition) is 3. The lowest BCUT2D eigenvalue weighted by molar-refractivity contribution is -0.174. The smallest absolute Gasteiger partial charge is 0.393 e. The average Bonchev–Trinajstić information content (AvgIpc) is 2.12. The van der Waals surface area contributed by atoms with E-state index in [0.717, 1.165) is 6.54 Å². The summed E-state index contributed by atoms with van der Waals surface area (Å²) in [6.07, 6.45) is -3.35. The van der Waals surface area contributed by atoms with Crippen molar-refractivity contribution >= 4 is 0 Å². The second-order valence-electron chi connectivity index (χ2n) is 3.96. The van der Waals surface area contributed by atoms with Crippen molar-refractivity contribution in [2.24, 2.45) is 0 Å². The molecule has 0 aliphatic rings. The van der Waals surface area contributed by atoms with Crippen LogP contribution in [0.25, 0.3) is 0 Å². The van der Waals surface area contributed by atoms with Gasteiger partial charge in [0.15, 0.2) is 0 Å². The SMILES string of the molecule is CC(O)CCN(C)CCCOCC(F)(F)F. The fourth-order valence-corrected chi connectivity index (χ4v) is 1.14. The maximum Gasteiger partial charge on any atom is 0.411 e. The molecular formula is C10H20F3NO2. The van der Waals surface area contributed by atoms with E-state index in [0.29, 0.717) is 19.4 Å². The average molecular weight is 243 g/mol. The minimum absolute atomic E-state index is 0.110. The van der Waals surface area contributed by atoms with E-state index in [1.165, 1.54) is 0 Å². The zero-order valence-electron chi connectivity index (χ0n) is 9.76. The Morgan fingerprint density at radius 2 is 1.94 bits per heavy atom. The van der Waals surface area contributed by atoms with Crippen LogP contribution in [-0.4, -0.2) is 55.6 Å². The summed E-state index contributed by atoms with van der Waals surface area (Å²) in [5.74, 6) is 0. The van der Waals surface area contributed by atoms with Crippen LogP contribution in [0.4, 0.5) is 13.2 Å². The molecule has 0 bridgehead atoms. The first-order valence-corrected chi connectivity index (χ1v) is 5.32. The van der Waals surface area contributed by atoms with Crippen molar-refractivity contribution in [1.29, 1.82) is 0 Å². The molecule has 1 unspecified atom stereocenters. The topological polar surface area (TPSA) is 32.7 Å². The zero-order chi connectivity index (χ0) is 12.6. The van der Waals surface area contributed by atoms with Crippen LogP contribution in [0.5, 0.6) is 0 Å². The summed E-state index contributed by atoms with van der Waals surface area (Å²) in [4.78, 5) is 1.96. The summed E-state index contributed by atoms with van der Waals surface area (Å²) in [6.45, 7) is 2.05. The molecule has 0 aromatic rings. The van der Waals surface area contributed by atoms with Crippen molar-refractivity contribution in [3.05, 3.63) is 0 Å². The lowest BCUT2D eigenvalue weighted by Gasteiger charge is -2.17. The van der Waals surface area contributed by atoms with Gasteiger partial charge in [-0.05, 0) is 26.8 Å². The molecule has 0 fully saturated rings. The predicted octanol–water partition coefficient (Wildman–Crippen LogP) is 1.66. The summed E-state index contributed by atoms with van der Waals surface area (Å²) in [5.41, 5.74) is 0. The van der Waals surface area contributed by atoms with Gasteiger partial charge in [-0.3, -0.25) is 0 Å². The molecule has 0 amide bonds.